The van der Waals surface area contributed by atoms with Gasteiger partial charge in [0.25, 0.3) is 6.43 Å². The van der Waals surface area contributed by atoms with Crippen LogP contribution in [0.25, 0.3) is 16.3 Å². The van der Waals surface area contributed by atoms with Gasteiger partial charge in [-0.3, -0.25) is 4.40 Å². The molecule has 3 aromatic rings. The molecule has 43 heavy (non-hydrogen) atoms. The molecule has 4 fully saturated rings. The summed E-state index contributed by atoms with van der Waals surface area (Å²) in [5, 5.41) is 7.79. The molecule has 0 aromatic carbocycles. The summed E-state index contributed by atoms with van der Waals surface area (Å²) in [6.07, 6.45) is 3.97. The standard InChI is InChI=1S/C29H38F2N6O4S2/c1-16(2)41-23-17(3)40-15-29(23)9-11-36(12-10-29)20-13-19(43(38,39)35-28(4)7-8-28)14-37-22(21(18-5-6-18)32-25(20)37)26-33-34-27(42-26)24(30)31/h13-14,16-18,23-24,35H,5-12,15H2,1-4H3/t17-,23?/m0/s1. The minimum absolute atomic E-state index is 0.00461. The van der Waals surface area contributed by atoms with Crippen molar-refractivity contribution in [1.29, 1.82) is 0 Å². The predicted molar refractivity (Wildman–Crippen MR) is 158 cm³/mol. The summed E-state index contributed by atoms with van der Waals surface area (Å²) in [4.78, 5) is 7.37. The summed E-state index contributed by atoms with van der Waals surface area (Å²) in [6, 6.07) is 1.72. The molecule has 0 bridgehead atoms. The second-order valence-corrected chi connectivity index (χ2v) is 15.9. The number of halogens is 2. The lowest BCUT2D eigenvalue weighted by Gasteiger charge is -2.43. The van der Waals surface area contributed by atoms with E-state index in [1.165, 1.54) is 0 Å². The van der Waals surface area contributed by atoms with Crippen LogP contribution in [-0.2, 0) is 19.5 Å². The molecule has 3 aromatic heterocycles. The highest BCUT2D eigenvalue weighted by atomic mass is 32.2. The molecular formula is C29H38F2N6O4S2. The van der Waals surface area contributed by atoms with Crippen molar-refractivity contribution in [3.05, 3.63) is 23.0 Å². The molecule has 1 spiro atoms. The van der Waals surface area contributed by atoms with E-state index >= 15 is 0 Å². The Morgan fingerprint density at radius 2 is 1.88 bits per heavy atom. The van der Waals surface area contributed by atoms with Crippen molar-refractivity contribution in [3.8, 4) is 10.7 Å². The summed E-state index contributed by atoms with van der Waals surface area (Å²) in [5.74, 6) is 0.167. The Labute approximate surface area is 254 Å². The van der Waals surface area contributed by atoms with Crippen LogP contribution in [0, 0.1) is 5.41 Å². The Morgan fingerprint density at radius 1 is 1.16 bits per heavy atom. The van der Waals surface area contributed by atoms with Gasteiger partial charge in [0.15, 0.2) is 15.7 Å². The van der Waals surface area contributed by atoms with Gasteiger partial charge in [0.2, 0.25) is 10.0 Å². The third-order valence-corrected chi connectivity index (χ3v) is 11.9. The molecular weight excluding hydrogens is 598 g/mol. The van der Waals surface area contributed by atoms with E-state index < -0.39 is 22.0 Å². The Morgan fingerprint density at radius 3 is 2.49 bits per heavy atom. The third-order valence-electron chi connectivity index (χ3n) is 9.37. The summed E-state index contributed by atoms with van der Waals surface area (Å²) < 4.78 is 71.6. The number of nitrogens with one attached hydrogen (secondary N) is 1. The van der Waals surface area contributed by atoms with Crippen LogP contribution in [0.5, 0.6) is 0 Å². The lowest BCUT2D eigenvalue weighted by molar-refractivity contribution is -0.0718. The summed E-state index contributed by atoms with van der Waals surface area (Å²) in [5.41, 5.74) is 2.04. The minimum atomic E-state index is -3.88. The molecule has 10 nitrogen and oxygen atoms in total. The quantitative estimate of drug-likeness (QED) is 0.337. The molecule has 2 aliphatic carbocycles. The largest absolute Gasteiger partial charge is 0.375 e. The summed E-state index contributed by atoms with van der Waals surface area (Å²) in [6.45, 7) is 10.0. The number of pyridine rings is 1. The number of rotatable bonds is 9. The second-order valence-electron chi connectivity index (χ2n) is 13.3. The Kier molecular flexibility index (Phi) is 7.12. The fraction of sp³-hybridized carbons (Fsp3) is 0.690. The summed E-state index contributed by atoms with van der Waals surface area (Å²) >= 11 is 0.826. The van der Waals surface area contributed by atoms with Crippen LogP contribution in [-0.4, -0.2) is 71.5 Å². The van der Waals surface area contributed by atoms with Gasteiger partial charge in [-0.2, -0.15) is 0 Å². The second kappa shape index (κ2) is 10.4. The Hall–Kier alpha value is -2.26. The van der Waals surface area contributed by atoms with Crippen LogP contribution < -0.4 is 9.62 Å². The van der Waals surface area contributed by atoms with E-state index in [2.05, 4.69) is 26.7 Å². The fourth-order valence-corrected chi connectivity index (χ4v) is 8.81. The van der Waals surface area contributed by atoms with Gasteiger partial charge in [-0.1, -0.05) is 11.3 Å². The normalized spacial score (nSPS) is 25.1. The molecule has 1 N–H and O–H groups in total. The van der Waals surface area contributed by atoms with E-state index in [9.17, 15) is 17.2 Å². The lowest BCUT2D eigenvalue weighted by atomic mass is 9.74. The van der Waals surface area contributed by atoms with Gasteiger partial charge in [-0.15, -0.1) is 10.2 Å². The van der Waals surface area contributed by atoms with Gasteiger partial charge < -0.3 is 14.4 Å². The molecule has 2 atom stereocenters. The van der Waals surface area contributed by atoms with E-state index in [0.717, 1.165) is 55.6 Å². The molecule has 2 saturated carbocycles. The first-order chi connectivity index (χ1) is 20.4. The van der Waals surface area contributed by atoms with Gasteiger partial charge in [0.05, 0.1) is 36.3 Å². The first-order valence-corrected chi connectivity index (χ1v) is 17.4. The zero-order chi connectivity index (χ0) is 30.3. The van der Waals surface area contributed by atoms with Crippen LogP contribution in [0.4, 0.5) is 14.5 Å². The van der Waals surface area contributed by atoms with Crippen molar-refractivity contribution in [3.63, 3.8) is 0 Å². The maximum absolute atomic E-state index is 13.7. The number of hydrogen-bond donors (Lipinski definition) is 1. The number of anilines is 1. The van der Waals surface area contributed by atoms with Crippen LogP contribution >= 0.6 is 11.3 Å². The number of alkyl halides is 2. The third kappa shape index (κ3) is 5.36. The average Bonchev–Trinajstić information content (AvgIpc) is 3.80. The van der Waals surface area contributed by atoms with Gasteiger partial charge in [0, 0.05) is 36.2 Å². The highest BCUT2D eigenvalue weighted by Gasteiger charge is 2.51. The first-order valence-electron chi connectivity index (χ1n) is 15.1. The number of sulfonamides is 1. The van der Waals surface area contributed by atoms with Crippen molar-refractivity contribution in [2.24, 2.45) is 5.41 Å². The molecule has 0 radical (unpaired) electrons. The van der Waals surface area contributed by atoms with Crippen molar-refractivity contribution in [2.45, 2.75) is 107 Å². The first kappa shape index (κ1) is 29.5. The molecule has 0 amide bonds. The topological polar surface area (TPSA) is 111 Å². The molecule has 14 heteroatoms. The Balaban J connectivity index is 1.32. The van der Waals surface area contributed by atoms with Gasteiger partial charge in [-0.25, -0.2) is 26.9 Å². The molecule has 4 aliphatic rings. The van der Waals surface area contributed by atoms with Crippen molar-refractivity contribution >= 4 is 32.7 Å². The summed E-state index contributed by atoms with van der Waals surface area (Å²) in [7, 11) is -3.88. The van der Waals surface area contributed by atoms with E-state index in [1.807, 2.05) is 20.8 Å². The number of ether oxygens (including phenoxy) is 2. The maximum atomic E-state index is 13.7. The van der Waals surface area contributed by atoms with E-state index in [1.54, 1.807) is 16.7 Å². The van der Waals surface area contributed by atoms with E-state index in [0.29, 0.717) is 41.7 Å². The van der Waals surface area contributed by atoms with Gasteiger partial charge in [0.1, 0.15) is 10.6 Å². The number of aromatic nitrogens is 4. The van der Waals surface area contributed by atoms with Gasteiger partial charge >= 0.3 is 0 Å². The van der Waals surface area contributed by atoms with Crippen molar-refractivity contribution < 1.29 is 26.7 Å². The monoisotopic (exact) mass is 636 g/mol. The zero-order valence-electron chi connectivity index (χ0n) is 24.8. The highest BCUT2D eigenvalue weighted by Crippen LogP contribution is 2.48. The molecule has 234 valence electrons. The molecule has 2 aliphatic heterocycles. The molecule has 7 rings (SSSR count). The molecule has 2 saturated heterocycles. The molecule has 1 unspecified atom stereocenters. The average molecular weight is 637 g/mol. The highest BCUT2D eigenvalue weighted by molar-refractivity contribution is 7.89. The number of hydrogen-bond acceptors (Lipinski definition) is 9. The van der Waals surface area contributed by atoms with E-state index in [4.69, 9.17) is 14.5 Å². The van der Waals surface area contributed by atoms with Gasteiger partial charge in [-0.05, 0) is 72.3 Å². The number of piperidine rings is 1. The number of nitrogens with zero attached hydrogens (tertiary/aromatic N) is 5. The lowest BCUT2D eigenvalue weighted by Crippen LogP contribution is -2.48. The van der Waals surface area contributed by atoms with Crippen LogP contribution in [0.3, 0.4) is 0 Å². The minimum Gasteiger partial charge on any atom is -0.375 e. The van der Waals surface area contributed by atoms with Crippen LogP contribution in [0.15, 0.2) is 17.2 Å². The smallest absolute Gasteiger partial charge is 0.291 e. The van der Waals surface area contributed by atoms with Crippen molar-refractivity contribution in [1.82, 2.24) is 24.3 Å². The SMILES string of the molecule is CC(C)OC1[C@H](C)OCC12CCN(c1cc(S(=O)(=O)NC3(C)CC3)cn3c(-c4nnc(C(F)F)s4)c(C4CC4)nc13)CC2. The molecule has 5 heterocycles. The number of fused-ring (bicyclic) bond motifs is 1. The predicted octanol–water partition coefficient (Wildman–Crippen LogP) is 5.30. The number of imidazole rings is 1. The zero-order valence-corrected chi connectivity index (χ0v) is 26.5. The van der Waals surface area contributed by atoms with Crippen LogP contribution in [0.2, 0.25) is 0 Å². The van der Waals surface area contributed by atoms with Crippen molar-refractivity contribution in [2.75, 3.05) is 24.6 Å². The van der Waals surface area contributed by atoms with E-state index in [-0.39, 0.29) is 39.5 Å². The maximum Gasteiger partial charge on any atom is 0.291 e. The fourth-order valence-electron chi connectivity index (χ4n) is 6.58. The van der Waals surface area contributed by atoms with Crippen LogP contribution in [0.1, 0.15) is 89.3 Å². The Bertz CT molecular complexity index is 1640.